The number of nitrogens with zero attached hydrogens (tertiary/aromatic N) is 5. The molecule has 0 aliphatic carbocycles. The van der Waals surface area contributed by atoms with Gasteiger partial charge < -0.3 is 29.4 Å². The van der Waals surface area contributed by atoms with Gasteiger partial charge in [-0.2, -0.15) is 0 Å². The minimum Gasteiger partial charge on any atom is -0.477 e. The number of benzene rings is 1. The molecule has 0 spiro atoms. The van der Waals surface area contributed by atoms with Gasteiger partial charge in [0.25, 0.3) is 0 Å². The molecule has 0 saturated heterocycles. The Balaban J connectivity index is 1.87. The first-order chi connectivity index (χ1) is 20.9. The normalized spacial score (nSPS) is 13.5. The number of hydrogen-bond donors (Lipinski definition) is 3. The molecule has 4 heterocycles. The van der Waals surface area contributed by atoms with Crippen molar-refractivity contribution in [1.29, 1.82) is 0 Å². The summed E-state index contributed by atoms with van der Waals surface area (Å²) in [6, 6.07) is 2.42. The SMILES string of the molecule is CNc1cc(F)c(F)c2c3c(N(C)C)c(-c4cnc5c(c4)c(=O)c(C(=O)O)cn5C)cn(COP(=O)(O)OC(C)(C)C)c-3nc12. The van der Waals surface area contributed by atoms with Crippen molar-refractivity contribution in [2.45, 2.75) is 33.1 Å². The van der Waals surface area contributed by atoms with E-state index in [9.17, 15) is 28.5 Å². The van der Waals surface area contributed by atoms with Crippen LogP contribution in [-0.4, -0.2) is 61.8 Å². The fourth-order valence-electron chi connectivity index (χ4n) is 5.22. The molecule has 5 rings (SSSR count). The van der Waals surface area contributed by atoms with Crippen molar-refractivity contribution < 1.29 is 37.2 Å². The predicted molar refractivity (Wildman–Crippen MR) is 165 cm³/mol. The summed E-state index contributed by atoms with van der Waals surface area (Å²) in [5, 5.41) is 12.2. The second-order valence-electron chi connectivity index (χ2n) is 11.6. The zero-order valence-electron chi connectivity index (χ0n) is 25.5. The number of carboxylic acid groups (broad SMARTS) is 1. The quantitative estimate of drug-likeness (QED) is 0.194. The first-order valence-electron chi connectivity index (χ1n) is 13.5. The maximum absolute atomic E-state index is 15.7. The Hall–Kier alpha value is -4.43. The van der Waals surface area contributed by atoms with E-state index in [1.54, 1.807) is 46.8 Å². The highest BCUT2D eigenvalue weighted by Gasteiger charge is 2.33. The van der Waals surface area contributed by atoms with Crippen LogP contribution in [0, 0.1) is 11.6 Å². The van der Waals surface area contributed by atoms with Crippen molar-refractivity contribution >= 4 is 47.1 Å². The van der Waals surface area contributed by atoms with Crippen LogP contribution in [0.2, 0.25) is 0 Å². The average Bonchev–Trinajstić information content (AvgIpc) is 3.34. The van der Waals surface area contributed by atoms with Crippen molar-refractivity contribution in [3.63, 3.8) is 0 Å². The number of carbonyl (C=O) groups is 1. The van der Waals surface area contributed by atoms with E-state index >= 15 is 4.39 Å². The number of fused-ring (bicyclic) bond motifs is 4. The molecule has 1 aromatic carbocycles. The monoisotopic (exact) mass is 644 g/mol. The lowest BCUT2D eigenvalue weighted by molar-refractivity contribution is 0.0486. The first kappa shape index (κ1) is 32.0. The predicted octanol–water partition coefficient (Wildman–Crippen LogP) is 5.03. The summed E-state index contributed by atoms with van der Waals surface area (Å²) in [6.45, 7) is 4.12. The molecule has 45 heavy (non-hydrogen) atoms. The smallest absolute Gasteiger partial charge is 0.474 e. The molecular formula is C29H31F2N6O7P. The molecule has 0 amide bonds. The zero-order chi connectivity index (χ0) is 33.2. The van der Waals surface area contributed by atoms with Crippen molar-refractivity contribution in [3.8, 4) is 22.5 Å². The molecule has 0 radical (unpaired) electrons. The van der Waals surface area contributed by atoms with Crippen LogP contribution in [0.4, 0.5) is 20.2 Å². The molecule has 1 unspecified atom stereocenters. The molecule has 2 aromatic heterocycles. The highest BCUT2D eigenvalue weighted by atomic mass is 31.2. The summed E-state index contributed by atoms with van der Waals surface area (Å²) in [6.07, 6.45) is 4.12. The van der Waals surface area contributed by atoms with E-state index in [0.29, 0.717) is 16.8 Å². The Labute approximate surface area is 255 Å². The van der Waals surface area contributed by atoms with Crippen molar-refractivity contribution in [2.24, 2.45) is 7.05 Å². The molecule has 0 fully saturated rings. The Morgan fingerprint density at radius 1 is 1.20 bits per heavy atom. The number of aromatic carboxylic acids is 1. The number of pyridine rings is 3. The maximum Gasteiger partial charge on any atom is 0.474 e. The van der Waals surface area contributed by atoms with E-state index in [1.165, 1.54) is 40.8 Å². The maximum atomic E-state index is 15.7. The first-order valence-corrected chi connectivity index (χ1v) is 15.0. The van der Waals surface area contributed by atoms with Gasteiger partial charge in [0.05, 0.1) is 38.8 Å². The van der Waals surface area contributed by atoms with E-state index in [4.69, 9.17) is 9.05 Å². The number of rotatable bonds is 8. The third-order valence-corrected chi connectivity index (χ3v) is 8.17. The highest BCUT2D eigenvalue weighted by molar-refractivity contribution is 7.47. The van der Waals surface area contributed by atoms with Crippen LogP contribution in [0.15, 0.2) is 35.5 Å². The number of aryl methyl sites for hydroxylation is 1. The largest absolute Gasteiger partial charge is 0.477 e. The summed E-state index contributed by atoms with van der Waals surface area (Å²) < 4.78 is 56.6. The van der Waals surface area contributed by atoms with Crippen LogP contribution in [0.25, 0.3) is 44.5 Å². The number of phosphoric acid groups is 1. The Morgan fingerprint density at radius 3 is 2.49 bits per heavy atom. The van der Waals surface area contributed by atoms with Gasteiger partial charge in [-0.3, -0.25) is 13.8 Å². The van der Waals surface area contributed by atoms with Gasteiger partial charge in [0, 0.05) is 64.0 Å². The van der Waals surface area contributed by atoms with Crippen molar-refractivity contribution in [3.05, 3.63) is 58.1 Å². The van der Waals surface area contributed by atoms with E-state index in [2.05, 4.69) is 15.3 Å². The fourth-order valence-corrected chi connectivity index (χ4v) is 6.23. The Bertz CT molecular complexity index is 2090. The lowest BCUT2D eigenvalue weighted by Crippen LogP contribution is -2.20. The van der Waals surface area contributed by atoms with E-state index in [-0.39, 0.29) is 39.0 Å². The fraction of sp³-hybridized carbons (Fsp3) is 0.310. The van der Waals surface area contributed by atoms with Crippen LogP contribution in [-0.2, 0) is 27.4 Å². The number of nitrogens with one attached hydrogen (secondary N) is 1. The lowest BCUT2D eigenvalue weighted by Gasteiger charge is -2.26. The average molecular weight is 645 g/mol. The van der Waals surface area contributed by atoms with Crippen molar-refractivity contribution in [2.75, 3.05) is 31.4 Å². The number of anilines is 2. The van der Waals surface area contributed by atoms with Gasteiger partial charge in [-0.25, -0.2) is 28.1 Å². The highest BCUT2D eigenvalue weighted by Crippen LogP contribution is 2.50. The third-order valence-electron chi connectivity index (χ3n) is 6.95. The standard InChI is InChI=1S/C29H31F2N6O7P/c1-29(2,3)44-45(41,42)43-13-37-12-16(14-8-15-25(38)17(28(39)40)11-36(7)26(15)33-10-14)24(35(5)6)21-20-22(31)18(30)9-19(32-4)23(20)34-27(21)37/h8-12,32H,13H2,1-7H3,(H,39,40)(H,41,42). The minimum atomic E-state index is -4.62. The summed E-state index contributed by atoms with van der Waals surface area (Å²) in [7, 11) is 1.80. The van der Waals surface area contributed by atoms with Gasteiger partial charge in [-0.05, 0) is 26.8 Å². The minimum absolute atomic E-state index is 0.00104. The Kier molecular flexibility index (Phi) is 7.94. The zero-order valence-corrected chi connectivity index (χ0v) is 26.4. The summed E-state index contributed by atoms with van der Waals surface area (Å²) in [4.78, 5) is 46.0. The number of halogens is 2. The number of carboxylic acids is 1. The van der Waals surface area contributed by atoms with Crippen molar-refractivity contribution in [1.82, 2.24) is 19.1 Å². The van der Waals surface area contributed by atoms with Crippen LogP contribution in [0.3, 0.4) is 0 Å². The van der Waals surface area contributed by atoms with Crippen LogP contribution in [0.5, 0.6) is 0 Å². The lowest BCUT2D eigenvalue weighted by atomic mass is 9.98. The van der Waals surface area contributed by atoms with Gasteiger partial charge >= 0.3 is 13.8 Å². The summed E-state index contributed by atoms with van der Waals surface area (Å²) >= 11 is 0. The molecule has 2 aliphatic rings. The van der Waals surface area contributed by atoms with Gasteiger partial charge in [-0.15, -0.1) is 0 Å². The summed E-state index contributed by atoms with van der Waals surface area (Å²) in [5.74, 6) is -3.62. The molecular weight excluding hydrogens is 613 g/mol. The second kappa shape index (κ2) is 11.2. The molecule has 3 aromatic rings. The van der Waals surface area contributed by atoms with Crippen LogP contribution in [0.1, 0.15) is 31.1 Å². The molecule has 0 bridgehead atoms. The molecule has 1 atom stereocenters. The van der Waals surface area contributed by atoms with E-state index < -0.39 is 48.8 Å². The third kappa shape index (κ3) is 5.75. The van der Waals surface area contributed by atoms with Gasteiger partial charge in [0.15, 0.2) is 11.6 Å². The second-order valence-corrected chi connectivity index (χ2v) is 13.0. The molecule has 238 valence electrons. The molecule has 16 heteroatoms. The topological polar surface area (TPSA) is 161 Å². The van der Waals surface area contributed by atoms with E-state index in [1.807, 2.05) is 0 Å². The number of hydrogen-bond acceptors (Lipinski definition) is 9. The Morgan fingerprint density at radius 2 is 1.89 bits per heavy atom. The van der Waals surface area contributed by atoms with E-state index in [0.717, 1.165) is 6.07 Å². The van der Waals surface area contributed by atoms with Gasteiger partial charge in [0.2, 0.25) is 5.43 Å². The molecule has 3 N–H and O–H groups in total. The molecule has 2 aliphatic heterocycles. The summed E-state index contributed by atoms with van der Waals surface area (Å²) in [5.41, 5.74) is -0.640. The van der Waals surface area contributed by atoms with Crippen LogP contribution < -0.4 is 15.6 Å². The van der Waals surface area contributed by atoms with Gasteiger partial charge in [0.1, 0.15) is 23.8 Å². The van der Waals surface area contributed by atoms with Crippen LogP contribution >= 0.6 is 7.82 Å². The number of phosphoric ester groups is 1. The van der Waals surface area contributed by atoms with Gasteiger partial charge in [-0.1, -0.05) is 0 Å². The number of aromatic nitrogens is 4. The molecule has 13 nitrogen and oxygen atoms in total. The molecule has 0 saturated carbocycles.